The summed E-state index contributed by atoms with van der Waals surface area (Å²) < 4.78 is 5.84. The van der Waals surface area contributed by atoms with Crippen LogP contribution in [0, 0.1) is 20.8 Å². The quantitative estimate of drug-likeness (QED) is 0.808. The van der Waals surface area contributed by atoms with Crippen molar-refractivity contribution in [3.8, 4) is 0 Å². The molecule has 1 N–H and O–H groups in total. The molecule has 94 valence electrons. The highest BCUT2D eigenvalue weighted by molar-refractivity contribution is 5.39. The van der Waals surface area contributed by atoms with Gasteiger partial charge in [-0.15, -0.1) is 0 Å². The molecule has 1 aromatic rings. The van der Waals surface area contributed by atoms with E-state index in [1.165, 1.54) is 22.3 Å². The van der Waals surface area contributed by atoms with Crippen molar-refractivity contribution in [1.29, 1.82) is 0 Å². The molecule has 1 fully saturated rings. The van der Waals surface area contributed by atoms with E-state index in [0.29, 0.717) is 13.0 Å². The molecule has 0 aliphatic carbocycles. The molecule has 2 nitrogen and oxygen atoms in total. The van der Waals surface area contributed by atoms with Crippen molar-refractivity contribution in [3.63, 3.8) is 0 Å². The molecule has 0 saturated carbocycles. The largest absolute Gasteiger partial charge is 0.390 e. The third kappa shape index (κ3) is 2.70. The van der Waals surface area contributed by atoms with Crippen molar-refractivity contribution in [3.05, 3.63) is 34.4 Å². The lowest BCUT2D eigenvalue weighted by atomic mass is 9.85. The molecule has 1 saturated heterocycles. The van der Waals surface area contributed by atoms with Gasteiger partial charge in [-0.25, -0.2) is 0 Å². The zero-order valence-electron chi connectivity index (χ0n) is 11.2. The predicted molar refractivity (Wildman–Crippen MR) is 69.2 cm³/mol. The van der Waals surface area contributed by atoms with E-state index in [1.807, 2.05) is 6.92 Å². The van der Waals surface area contributed by atoms with Crippen LogP contribution in [0.3, 0.4) is 0 Å². The Balaban J connectivity index is 2.34. The second-order valence-corrected chi connectivity index (χ2v) is 5.62. The Morgan fingerprint density at radius 3 is 2.35 bits per heavy atom. The van der Waals surface area contributed by atoms with E-state index in [0.717, 1.165) is 6.42 Å². The fraction of sp³-hybridized carbons (Fsp3) is 0.600. The molecule has 1 aromatic carbocycles. The molecule has 1 heterocycles. The minimum atomic E-state index is -0.591. The summed E-state index contributed by atoms with van der Waals surface area (Å²) in [4.78, 5) is 0. The minimum absolute atomic E-state index is 0.0411. The number of aliphatic hydroxyl groups is 1. The van der Waals surface area contributed by atoms with E-state index in [1.54, 1.807) is 0 Å². The Bertz CT molecular complexity index is 398. The molecule has 0 spiro atoms. The van der Waals surface area contributed by atoms with Crippen LogP contribution in [0.2, 0.25) is 0 Å². The second kappa shape index (κ2) is 4.43. The zero-order valence-corrected chi connectivity index (χ0v) is 11.2. The normalized spacial score (nSPS) is 29.4. The summed E-state index contributed by atoms with van der Waals surface area (Å²) in [5, 5.41) is 10.2. The van der Waals surface area contributed by atoms with Crippen molar-refractivity contribution >= 4 is 0 Å². The van der Waals surface area contributed by atoms with Gasteiger partial charge in [0.05, 0.1) is 18.3 Å². The molecule has 0 aromatic heterocycles. The van der Waals surface area contributed by atoms with E-state index >= 15 is 0 Å². The standard InChI is InChI=1S/C15H22O2/c1-10-7-11(2)14(12(3)8-10)13-9-15(4,16)5-6-17-13/h7-8,13,16H,5-6,9H2,1-4H3. The predicted octanol–water partition coefficient (Wildman–Crippen LogP) is 3.21. The number of hydrogen-bond acceptors (Lipinski definition) is 2. The number of aryl methyl sites for hydroxylation is 3. The van der Waals surface area contributed by atoms with Crippen LogP contribution in [-0.2, 0) is 4.74 Å². The van der Waals surface area contributed by atoms with Crippen LogP contribution in [0.1, 0.15) is 48.1 Å². The van der Waals surface area contributed by atoms with Gasteiger partial charge in [0.1, 0.15) is 0 Å². The number of hydrogen-bond donors (Lipinski definition) is 1. The second-order valence-electron chi connectivity index (χ2n) is 5.62. The van der Waals surface area contributed by atoms with Crippen molar-refractivity contribution < 1.29 is 9.84 Å². The minimum Gasteiger partial charge on any atom is -0.390 e. The molecule has 2 atom stereocenters. The highest BCUT2D eigenvalue weighted by Gasteiger charge is 2.32. The first-order chi connectivity index (χ1) is 7.89. The van der Waals surface area contributed by atoms with Crippen LogP contribution >= 0.6 is 0 Å². The van der Waals surface area contributed by atoms with Gasteiger partial charge >= 0.3 is 0 Å². The molecule has 1 aliphatic rings. The van der Waals surface area contributed by atoms with E-state index in [4.69, 9.17) is 4.74 Å². The first-order valence-corrected chi connectivity index (χ1v) is 6.31. The summed E-state index contributed by atoms with van der Waals surface area (Å²) in [5.74, 6) is 0. The number of ether oxygens (including phenoxy) is 1. The van der Waals surface area contributed by atoms with Gasteiger partial charge in [-0.3, -0.25) is 0 Å². The monoisotopic (exact) mass is 234 g/mol. The maximum Gasteiger partial charge on any atom is 0.0857 e. The molecule has 1 aliphatic heterocycles. The van der Waals surface area contributed by atoms with Crippen molar-refractivity contribution in [1.82, 2.24) is 0 Å². The maximum atomic E-state index is 10.2. The molecule has 0 amide bonds. The molecule has 17 heavy (non-hydrogen) atoms. The smallest absolute Gasteiger partial charge is 0.0857 e. The van der Waals surface area contributed by atoms with Gasteiger partial charge in [0, 0.05) is 6.42 Å². The average molecular weight is 234 g/mol. The van der Waals surface area contributed by atoms with Gasteiger partial charge in [-0.05, 0) is 50.8 Å². The molecule has 0 bridgehead atoms. The van der Waals surface area contributed by atoms with Crippen molar-refractivity contribution in [2.75, 3.05) is 6.61 Å². The van der Waals surface area contributed by atoms with E-state index < -0.39 is 5.60 Å². The van der Waals surface area contributed by atoms with Crippen molar-refractivity contribution in [2.24, 2.45) is 0 Å². The Hall–Kier alpha value is -0.860. The summed E-state index contributed by atoms with van der Waals surface area (Å²) >= 11 is 0. The average Bonchev–Trinajstić information content (AvgIpc) is 2.13. The Kier molecular flexibility index (Phi) is 3.28. The van der Waals surface area contributed by atoms with Crippen LogP contribution in [-0.4, -0.2) is 17.3 Å². The van der Waals surface area contributed by atoms with Crippen LogP contribution in [0.4, 0.5) is 0 Å². The van der Waals surface area contributed by atoms with Gasteiger partial charge in [0.15, 0.2) is 0 Å². The summed E-state index contributed by atoms with van der Waals surface area (Å²) in [6, 6.07) is 4.38. The van der Waals surface area contributed by atoms with E-state index in [9.17, 15) is 5.11 Å². The first-order valence-electron chi connectivity index (χ1n) is 6.31. The fourth-order valence-corrected chi connectivity index (χ4v) is 2.87. The van der Waals surface area contributed by atoms with E-state index in [-0.39, 0.29) is 6.10 Å². The van der Waals surface area contributed by atoms with Gasteiger partial charge in [-0.1, -0.05) is 17.7 Å². The van der Waals surface area contributed by atoms with Crippen LogP contribution in [0.5, 0.6) is 0 Å². The highest BCUT2D eigenvalue weighted by Crippen LogP contribution is 2.37. The molecule has 2 heteroatoms. The van der Waals surface area contributed by atoms with Gasteiger partial charge < -0.3 is 9.84 Å². The SMILES string of the molecule is Cc1cc(C)c(C2CC(C)(O)CCO2)c(C)c1. The lowest BCUT2D eigenvalue weighted by molar-refractivity contribution is -0.0955. The van der Waals surface area contributed by atoms with Crippen molar-refractivity contribution in [2.45, 2.75) is 52.2 Å². The van der Waals surface area contributed by atoms with Crippen LogP contribution in [0.25, 0.3) is 0 Å². The summed E-state index contributed by atoms with van der Waals surface area (Å²) in [6.07, 6.45) is 1.46. The summed E-state index contributed by atoms with van der Waals surface area (Å²) in [6.45, 7) is 8.91. The number of benzene rings is 1. The fourth-order valence-electron chi connectivity index (χ4n) is 2.87. The highest BCUT2D eigenvalue weighted by atomic mass is 16.5. The van der Waals surface area contributed by atoms with Crippen LogP contribution < -0.4 is 0 Å². The Morgan fingerprint density at radius 1 is 1.24 bits per heavy atom. The lowest BCUT2D eigenvalue weighted by Crippen LogP contribution is -2.34. The third-order valence-corrected chi connectivity index (χ3v) is 3.64. The Labute approximate surface area is 104 Å². The molecular weight excluding hydrogens is 212 g/mol. The third-order valence-electron chi connectivity index (χ3n) is 3.64. The van der Waals surface area contributed by atoms with Gasteiger partial charge in [0.2, 0.25) is 0 Å². The van der Waals surface area contributed by atoms with Gasteiger partial charge in [0.25, 0.3) is 0 Å². The molecule has 0 radical (unpaired) electrons. The topological polar surface area (TPSA) is 29.5 Å². The number of rotatable bonds is 1. The summed E-state index contributed by atoms with van der Waals surface area (Å²) in [5.41, 5.74) is 4.49. The maximum absolute atomic E-state index is 10.2. The summed E-state index contributed by atoms with van der Waals surface area (Å²) in [7, 11) is 0. The van der Waals surface area contributed by atoms with Gasteiger partial charge in [-0.2, -0.15) is 0 Å². The van der Waals surface area contributed by atoms with Crippen LogP contribution in [0.15, 0.2) is 12.1 Å². The lowest BCUT2D eigenvalue weighted by Gasteiger charge is -2.35. The molecule has 2 unspecified atom stereocenters. The van der Waals surface area contributed by atoms with E-state index in [2.05, 4.69) is 32.9 Å². The Morgan fingerprint density at radius 2 is 1.82 bits per heavy atom. The first kappa shape index (κ1) is 12.6. The molecular formula is C15H22O2. The zero-order chi connectivity index (χ0) is 12.6. The molecule has 2 rings (SSSR count).